The van der Waals surface area contributed by atoms with Gasteiger partial charge < -0.3 is 23.5 Å². The number of Topliss-reactive ketones (excluding diaryl/α,β-unsaturated/α-hetero) is 1. The summed E-state index contributed by atoms with van der Waals surface area (Å²) in [5, 5.41) is 4.13. The summed E-state index contributed by atoms with van der Waals surface area (Å²) >= 11 is 0. The smallest absolute Gasteiger partial charge is 0.295 e. The summed E-state index contributed by atoms with van der Waals surface area (Å²) in [6.45, 7) is 1.76. The molecule has 2 aliphatic heterocycles. The van der Waals surface area contributed by atoms with Crippen LogP contribution in [-0.2, 0) is 14.3 Å². The standard InChI is InChI=1S/C28H32N2O7/c1-14-11-22(29-37-14)30-24(18-12-20(34-3)21(35-4)13-19(18)33-2)23-25(31)17-10-9-15-7-5-6-8-16(15)26(17)36-27(23)28(30)32/h11-13,15-17,24,26H,5-10H2,1-4H3. The van der Waals surface area contributed by atoms with Crippen molar-refractivity contribution in [2.75, 3.05) is 26.2 Å². The molecule has 196 valence electrons. The predicted molar refractivity (Wildman–Crippen MR) is 133 cm³/mol. The Morgan fingerprint density at radius 1 is 0.919 bits per heavy atom. The van der Waals surface area contributed by atoms with Crippen LogP contribution in [0.4, 0.5) is 5.82 Å². The molecule has 0 spiro atoms. The monoisotopic (exact) mass is 508 g/mol. The molecule has 1 aromatic heterocycles. The molecule has 0 saturated heterocycles. The van der Waals surface area contributed by atoms with E-state index in [1.165, 1.54) is 17.7 Å². The molecule has 0 bridgehead atoms. The van der Waals surface area contributed by atoms with Crippen molar-refractivity contribution in [2.24, 2.45) is 17.8 Å². The van der Waals surface area contributed by atoms with Gasteiger partial charge in [0.15, 0.2) is 28.9 Å². The molecule has 4 aliphatic rings. The molecule has 2 aliphatic carbocycles. The van der Waals surface area contributed by atoms with E-state index in [1.807, 2.05) is 0 Å². The SMILES string of the molecule is COc1cc(OC)c(C2C3=C(OC4C(CCC5CCCCC54)C3=O)C(=O)N2c2cc(C)on2)cc1OC. The van der Waals surface area contributed by atoms with Crippen LogP contribution in [0.1, 0.15) is 55.9 Å². The van der Waals surface area contributed by atoms with E-state index in [0.717, 1.165) is 25.7 Å². The molecule has 9 heteroatoms. The van der Waals surface area contributed by atoms with Crippen LogP contribution in [0, 0.1) is 24.7 Å². The number of hydrogen-bond donors (Lipinski definition) is 0. The highest BCUT2D eigenvalue weighted by atomic mass is 16.5. The summed E-state index contributed by atoms with van der Waals surface area (Å²) in [4.78, 5) is 29.7. The summed E-state index contributed by atoms with van der Waals surface area (Å²) in [6, 6.07) is 4.33. The number of ketones is 1. The second-order valence-electron chi connectivity index (χ2n) is 10.4. The molecule has 9 nitrogen and oxygen atoms in total. The minimum atomic E-state index is -0.806. The fourth-order valence-electron chi connectivity index (χ4n) is 6.89. The van der Waals surface area contributed by atoms with E-state index >= 15 is 0 Å². The lowest BCUT2D eigenvalue weighted by atomic mass is 9.63. The molecule has 2 aromatic rings. The average molecular weight is 509 g/mol. The quantitative estimate of drug-likeness (QED) is 0.581. The molecule has 5 atom stereocenters. The number of amides is 1. The Bertz CT molecular complexity index is 1280. The number of carbonyl (C=O) groups is 2. The molecule has 2 saturated carbocycles. The third-order valence-electron chi connectivity index (χ3n) is 8.57. The van der Waals surface area contributed by atoms with E-state index < -0.39 is 11.9 Å². The van der Waals surface area contributed by atoms with Gasteiger partial charge in [-0.15, -0.1) is 0 Å². The zero-order valence-electron chi connectivity index (χ0n) is 21.6. The van der Waals surface area contributed by atoms with Gasteiger partial charge in [-0.1, -0.05) is 24.4 Å². The summed E-state index contributed by atoms with van der Waals surface area (Å²) in [5.41, 5.74) is 0.938. The Balaban J connectivity index is 1.51. The number of rotatable bonds is 5. The number of benzene rings is 1. The number of methoxy groups -OCH3 is 3. The lowest BCUT2D eigenvalue weighted by Gasteiger charge is -2.46. The number of ether oxygens (including phenoxy) is 4. The maximum atomic E-state index is 14.2. The van der Waals surface area contributed by atoms with E-state index in [0.29, 0.717) is 51.8 Å². The molecule has 0 N–H and O–H groups in total. The van der Waals surface area contributed by atoms with Gasteiger partial charge in [0.05, 0.1) is 32.8 Å². The highest BCUT2D eigenvalue weighted by Crippen LogP contribution is 2.54. The molecular weight excluding hydrogens is 476 g/mol. The summed E-state index contributed by atoms with van der Waals surface area (Å²) in [6.07, 6.45) is 6.09. The second-order valence-corrected chi connectivity index (χ2v) is 10.4. The number of anilines is 1. The molecule has 2 fully saturated rings. The van der Waals surface area contributed by atoms with Crippen LogP contribution < -0.4 is 19.1 Å². The lowest BCUT2D eigenvalue weighted by molar-refractivity contribution is -0.139. The molecular formula is C28H32N2O7. The summed E-state index contributed by atoms with van der Waals surface area (Å²) in [5.74, 6) is 2.56. The first-order valence-corrected chi connectivity index (χ1v) is 13.0. The molecule has 1 amide bonds. The summed E-state index contributed by atoms with van der Waals surface area (Å²) < 4.78 is 28.6. The first-order valence-electron chi connectivity index (χ1n) is 13.0. The molecule has 3 heterocycles. The fourth-order valence-corrected chi connectivity index (χ4v) is 6.89. The van der Waals surface area contributed by atoms with Gasteiger partial charge in [0, 0.05) is 17.7 Å². The first kappa shape index (κ1) is 23.9. The maximum Gasteiger partial charge on any atom is 0.295 e. The first-order chi connectivity index (χ1) is 18.0. The van der Waals surface area contributed by atoms with Crippen molar-refractivity contribution < 1.29 is 33.1 Å². The van der Waals surface area contributed by atoms with Gasteiger partial charge >= 0.3 is 0 Å². The van der Waals surface area contributed by atoms with Crippen molar-refractivity contribution in [1.82, 2.24) is 5.16 Å². The van der Waals surface area contributed by atoms with Crippen molar-refractivity contribution in [3.05, 3.63) is 40.9 Å². The number of hydrogen-bond acceptors (Lipinski definition) is 8. The van der Waals surface area contributed by atoms with E-state index in [9.17, 15) is 9.59 Å². The van der Waals surface area contributed by atoms with Crippen LogP contribution in [0.15, 0.2) is 34.1 Å². The van der Waals surface area contributed by atoms with Crippen molar-refractivity contribution in [3.63, 3.8) is 0 Å². The summed E-state index contributed by atoms with van der Waals surface area (Å²) in [7, 11) is 4.63. The van der Waals surface area contributed by atoms with Crippen LogP contribution >= 0.6 is 0 Å². The van der Waals surface area contributed by atoms with E-state index in [-0.39, 0.29) is 23.6 Å². The van der Waals surface area contributed by atoms with Crippen LogP contribution in [-0.4, -0.2) is 44.3 Å². The van der Waals surface area contributed by atoms with Crippen LogP contribution in [0.25, 0.3) is 0 Å². The van der Waals surface area contributed by atoms with Crippen LogP contribution in [0.3, 0.4) is 0 Å². The predicted octanol–water partition coefficient (Wildman–Crippen LogP) is 4.54. The highest BCUT2D eigenvalue weighted by Gasteiger charge is 2.56. The third-order valence-corrected chi connectivity index (χ3v) is 8.57. The molecule has 5 unspecified atom stereocenters. The van der Waals surface area contributed by atoms with Gasteiger partial charge in [-0.2, -0.15) is 0 Å². The zero-order valence-corrected chi connectivity index (χ0v) is 21.6. The van der Waals surface area contributed by atoms with Crippen molar-refractivity contribution >= 4 is 17.5 Å². The van der Waals surface area contributed by atoms with Gasteiger partial charge in [-0.25, -0.2) is 0 Å². The Kier molecular flexibility index (Phi) is 5.88. The topological polar surface area (TPSA) is 100 Å². The molecule has 6 rings (SSSR count). The van der Waals surface area contributed by atoms with Gasteiger partial charge in [-0.3, -0.25) is 14.5 Å². The number of aromatic nitrogens is 1. The van der Waals surface area contributed by atoms with Gasteiger partial charge in [0.2, 0.25) is 0 Å². The van der Waals surface area contributed by atoms with Crippen LogP contribution in [0.2, 0.25) is 0 Å². The molecule has 37 heavy (non-hydrogen) atoms. The Hall–Kier alpha value is -3.49. The fraction of sp³-hybridized carbons (Fsp3) is 0.536. The Labute approximate surface area is 215 Å². The molecule has 0 radical (unpaired) electrons. The Morgan fingerprint density at radius 2 is 1.65 bits per heavy atom. The van der Waals surface area contributed by atoms with Gasteiger partial charge in [-0.05, 0) is 44.1 Å². The van der Waals surface area contributed by atoms with Crippen molar-refractivity contribution in [3.8, 4) is 17.2 Å². The van der Waals surface area contributed by atoms with E-state index in [4.69, 9.17) is 23.5 Å². The maximum absolute atomic E-state index is 14.2. The van der Waals surface area contributed by atoms with Gasteiger partial charge in [0.25, 0.3) is 5.91 Å². The second kappa shape index (κ2) is 9.11. The normalized spacial score (nSPS) is 28.9. The largest absolute Gasteiger partial charge is 0.496 e. The van der Waals surface area contributed by atoms with Crippen LogP contribution in [0.5, 0.6) is 17.2 Å². The minimum absolute atomic E-state index is 0.0202. The zero-order chi connectivity index (χ0) is 25.8. The minimum Gasteiger partial charge on any atom is -0.496 e. The Morgan fingerprint density at radius 3 is 2.35 bits per heavy atom. The number of nitrogens with zero attached hydrogens (tertiary/aromatic N) is 2. The van der Waals surface area contributed by atoms with E-state index in [1.54, 1.807) is 46.5 Å². The number of aryl methyl sites for hydroxylation is 1. The van der Waals surface area contributed by atoms with Crippen molar-refractivity contribution in [2.45, 2.75) is 57.6 Å². The average Bonchev–Trinajstić information content (AvgIpc) is 3.48. The van der Waals surface area contributed by atoms with E-state index in [2.05, 4.69) is 5.16 Å². The number of fused-ring (bicyclic) bond motifs is 3. The highest BCUT2D eigenvalue weighted by molar-refractivity contribution is 6.18. The van der Waals surface area contributed by atoms with Crippen molar-refractivity contribution in [1.29, 1.82) is 0 Å². The van der Waals surface area contributed by atoms with Gasteiger partial charge in [0.1, 0.15) is 23.7 Å². The number of carbonyl (C=O) groups excluding carboxylic acids is 2. The lowest BCUT2D eigenvalue weighted by Crippen LogP contribution is -2.48. The third kappa shape index (κ3) is 3.61. The molecule has 1 aromatic carbocycles.